The summed E-state index contributed by atoms with van der Waals surface area (Å²) >= 11 is 0. The first kappa shape index (κ1) is 25.2. The number of likely N-dealkylation sites (tertiary alicyclic amines) is 1. The molecule has 0 bridgehead atoms. The van der Waals surface area contributed by atoms with Gasteiger partial charge in [0.25, 0.3) is 11.6 Å². The fourth-order valence-corrected chi connectivity index (χ4v) is 4.36. The van der Waals surface area contributed by atoms with Crippen molar-refractivity contribution in [3.05, 3.63) is 74.8 Å². The molecule has 0 aliphatic carbocycles. The first-order valence-electron chi connectivity index (χ1n) is 10.9. The first-order chi connectivity index (χ1) is 15.9. The van der Waals surface area contributed by atoms with Crippen molar-refractivity contribution >= 4 is 17.5 Å². The topological polar surface area (TPSA) is 83.8 Å². The van der Waals surface area contributed by atoms with Crippen molar-refractivity contribution in [2.75, 3.05) is 19.6 Å². The van der Waals surface area contributed by atoms with E-state index >= 15 is 0 Å². The van der Waals surface area contributed by atoms with Crippen LogP contribution in [-0.4, -0.2) is 52.3 Å². The van der Waals surface area contributed by atoms with Gasteiger partial charge in [-0.05, 0) is 38.8 Å². The molecule has 2 amide bonds. The number of carbonyl (C=O) groups excluding carboxylic acids is 2. The molecule has 34 heavy (non-hydrogen) atoms. The minimum atomic E-state index is -4.68. The highest BCUT2D eigenvalue weighted by Crippen LogP contribution is 2.27. The summed E-state index contributed by atoms with van der Waals surface area (Å²) in [5, 5.41) is 11.3. The smallest absolute Gasteiger partial charge is 0.338 e. The van der Waals surface area contributed by atoms with Crippen molar-refractivity contribution < 1.29 is 27.7 Å². The highest BCUT2D eigenvalue weighted by atomic mass is 19.4. The van der Waals surface area contributed by atoms with Gasteiger partial charge < -0.3 is 9.80 Å². The van der Waals surface area contributed by atoms with Crippen molar-refractivity contribution in [2.45, 2.75) is 39.4 Å². The number of carbonyl (C=O) groups is 2. The second-order valence-electron chi connectivity index (χ2n) is 8.66. The molecule has 0 N–H and O–H groups in total. The van der Waals surface area contributed by atoms with Crippen LogP contribution in [0.4, 0.5) is 18.9 Å². The summed E-state index contributed by atoms with van der Waals surface area (Å²) in [6.45, 7) is 2.06. The molecule has 10 heteroatoms. The standard InChI is InChI=1S/C24H26F3N3O4/c1-16-10-17(2)12-20(11-16)23(32)28-9-5-7-19(14-28)22(31)29(15-24(25,26)27)13-18-6-3-4-8-21(18)30(33)34/h3-4,6,8,10-12,19H,5,7,9,13-15H2,1-2H3. The number of nitro groups is 1. The highest BCUT2D eigenvalue weighted by Gasteiger charge is 2.38. The average molecular weight is 477 g/mol. The largest absolute Gasteiger partial charge is 0.406 e. The van der Waals surface area contributed by atoms with Crippen LogP contribution in [0.5, 0.6) is 0 Å². The van der Waals surface area contributed by atoms with Crippen LogP contribution < -0.4 is 0 Å². The number of piperidine rings is 1. The molecule has 1 aliphatic heterocycles. The summed E-state index contributed by atoms with van der Waals surface area (Å²) in [4.78, 5) is 38.9. The van der Waals surface area contributed by atoms with Crippen LogP contribution in [-0.2, 0) is 11.3 Å². The molecule has 2 aromatic carbocycles. The van der Waals surface area contributed by atoms with Crippen molar-refractivity contribution in [3.8, 4) is 0 Å². The first-order valence-corrected chi connectivity index (χ1v) is 10.9. The van der Waals surface area contributed by atoms with Crippen molar-refractivity contribution in [1.82, 2.24) is 9.80 Å². The molecule has 1 unspecified atom stereocenters. The summed E-state index contributed by atoms with van der Waals surface area (Å²) in [5.74, 6) is -1.87. The molecule has 0 radical (unpaired) electrons. The summed E-state index contributed by atoms with van der Waals surface area (Å²) in [6.07, 6.45) is -3.87. The van der Waals surface area contributed by atoms with E-state index in [2.05, 4.69) is 0 Å². The van der Waals surface area contributed by atoms with Gasteiger partial charge in [0.05, 0.1) is 17.4 Å². The van der Waals surface area contributed by atoms with Gasteiger partial charge in [0.1, 0.15) is 6.54 Å². The number of benzene rings is 2. The van der Waals surface area contributed by atoms with Gasteiger partial charge in [-0.2, -0.15) is 13.2 Å². The second kappa shape index (κ2) is 10.2. The number of rotatable bonds is 6. The highest BCUT2D eigenvalue weighted by molar-refractivity contribution is 5.95. The van der Waals surface area contributed by atoms with Crippen LogP contribution in [0, 0.1) is 29.9 Å². The molecule has 0 saturated carbocycles. The van der Waals surface area contributed by atoms with E-state index in [0.717, 1.165) is 11.1 Å². The number of amides is 2. The Bertz CT molecular complexity index is 1070. The molecular formula is C24H26F3N3O4. The minimum Gasteiger partial charge on any atom is -0.338 e. The molecular weight excluding hydrogens is 451 g/mol. The predicted octanol–water partition coefficient (Wildman–Crippen LogP) is 4.65. The second-order valence-corrected chi connectivity index (χ2v) is 8.66. The molecule has 2 aromatic rings. The zero-order chi connectivity index (χ0) is 25.0. The lowest BCUT2D eigenvalue weighted by atomic mass is 9.95. The minimum absolute atomic E-state index is 0.00407. The number of aryl methyl sites for hydroxylation is 2. The van der Waals surface area contributed by atoms with E-state index in [1.807, 2.05) is 19.9 Å². The molecule has 1 heterocycles. The maximum absolute atomic E-state index is 13.3. The summed E-state index contributed by atoms with van der Waals surface area (Å²) < 4.78 is 39.9. The fourth-order valence-electron chi connectivity index (χ4n) is 4.36. The van der Waals surface area contributed by atoms with Gasteiger partial charge >= 0.3 is 6.18 Å². The van der Waals surface area contributed by atoms with Crippen LogP contribution in [0.1, 0.15) is 39.9 Å². The van der Waals surface area contributed by atoms with E-state index < -0.39 is 36.0 Å². The van der Waals surface area contributed by atoms with Crippen LogP contribution in [0.3, 0.4) is 0 Å². The number of nitrogens with zero attached hydrogens (tertiary/aromatic N) is 3. The Labute approximate surface area is 195 Å². The maximum Gasteiger partial charge on any atom is 0.406 e. The fraction of sp³-hybridized carbons (Fsp3) is 0.417. The van der Waals surface area contributed by atoms with Gasteiger partial charge in [-0.1, -0.05) is 35.4 Å². The lowest BCUT2D eigenvalue weighted by Crippen LogP contribution is -2.48. The van der Waals surface area contributed by atoms with E-state index in [9.17, 15) is 32.9 Å². The Hall–Kier alpha value is -3.43. The lowest BCUT2D eigenvalue weighted by Gasteiger charge is -2.35. The number of alkyl halides is 3. The van der Waals surface area contributed by atoms with Gasteiger partial charge in [0, 0.05) is 30.3 Å². The molecule has 1 saturated heterocycles. The zero-order valence-electron chi connectivity index (χ0n) is 19.0. The number of hydrogen-bond donors (Lipinski definition) is 0. The third-order valence-corrected chi connectivity index (χ3v) is 5.76. The van der Waals surface area contributed by atoms with Crippen molar-refractivity contribution in [3.63, 3.8) is 0 Å². The predicted molar refractivity (Wildman–Crippen MR) is 119 cm³/mol. The van der Waals surface area contributed by atoms with Crippen LogP contribution in [0.2, 0.25) is 0 Å². The lowest BCUT2D eigenvalue weighted by molar-refractivity contribution is -0.385. The SMILES string of the molecule is Cc1cc(C)cc(C(=O)N2CCCC(C(=O)N(Cc3ccccc3[N+](=O)[O-])CC(F)(F)F)C2)c1. The van der Waals surface area contributed by atoms with Gasteiger partial charge in [-0.3, -0.25) is 19.7 Å². The average Bonchev–Trinajstić information content (AvgIpc) is 2.76. The number of para-hydroxylation sites is 1. The molecule has 7 nitrogen and oxygen atoms in total. The van der Waals surface area contributed by atoms with E-state index in [1.54, 1.807) is 12.1 Å². The molecule has 1 fully saturated rings. The quantitative estimate of drug-likeness (QED) is 0.448. The van der Waals surface area contributed by atoms with E-state index in [-0.39, 0.29) is 23.7 Å². The molecule has 1 atom stereocenters. The van der Waals surface area contributed by atoms with Crippen molar-refractivity contribution in [1.29, 1.82) is 0 Å². The molecule has 0 aromatic heterocycles. The number of hydrogen-bond acceptors (Lipinski definition) is 4. The Morgan fingerprint density at radius 2 is 1.79 bits per heavy atom. The van der Waals surface area contributed by atoms with Crippen LogP contribution >= 0.6 is 0 Å². The van der Waals surface area contributed by atoms with E-state index in [0.29, 0.717) is 29.8 Å². The summed E-state index contributed by atoms with van der Waals surface area (Å²) in [6, 6.07) is 10.8. The van der Waals surface area contributed by atoms with E-state index in [1.165, 1.54) is 29.2 Å². The normalized spacial score (nSPS) is 16.3. The third-order valence-electron chi connectivity index (χ3n) is 5.76. The summed E-state index contributed by atoms with van der Waals surface area (Å²) in [5.41, 5.74) is 1.96. The van der Waals surface area contributed by atoms with Gasteiger partial charge in [-0.25, -0.2) is 0 Å². The number of nitro benzene ring substituents is 1. The molecule has 1 aliphatic rings. The Balaban J connectivity index is 1.81. The van der Waals surface area contributed by atoms with Crippen LogP contribution in [0.15, 0.2) is 42.5 Å². The van der Waals surface area contributed by atoms with E-state index in [4.69, 9.17) is 0 Å². The third kappa shape index (κ3) is 6.33. The van der Waals surface area contributed by atoms with Crippen molar-refractivity contribution in [2.24, 2.45) is 5.92 Å². The van der Waals surface area contributed by atoms with Crippen LogP contribution in [0.25, 0.3) is 0 Å². The molecule has 182 valence electrons. The Morgan fingerprint density at radius 3 is 2.41 bits per heavy atom. The molecule has 0 spiro atoms. The Kier molecular flexibility index (Phi) is 7.58. The summed E-state index contributed by atoms with van der Waals surface area (Å²) in [7, 11) is 0. The van der Waals surface area contributed by atoms with Gasteiger partial charge in [0.15, 0.2) is 0 Å². The monoisotopic (exact) mass is 477 g/mol. The molecule has 3 rings (SSSR count). The van der Waals surface area contributed by atoms with Gasteiger partial charge in [0.2, 0.25) is 5.91 Å². The zero-order valence-corrected chi connectivity index (χ0v) is 19.0. The van der Waals surface area contributed by atoms with Gasteiger partial charge in [-0.15, -0.1) is 0 Å². The maximum atomic E-state index is 13.3. The number of halogens is 3. The Morgan fingerprint density at radius 1 is 1.15 bits per heavy atom.